The predicted octanol–water partition coefficient (Wildman–Crippen LogP) is 13.6. The third-order valence-electron chi connectivity index (χ3n) is 4.35. The zero-order valence-corrected chi connectivity index (χ0v) is 35.7. The van der Waals surface area contributed by atoms with Gasteiger partial charge in [0.05, 0.1) is 21.3 Å². The molecule has 0 heterocycles. The van der Waals surface area contributed by atoms with Crippen molar-refractivity contribution in [3.05, 3.63) is 91.0 Å². The average molecular weight is 785 g/mol. The highest BCUT2D eigenvalue weighted by Crippen LogP contribution is 2.49. The molecule has 0 atom stereocenters. The Hall–Kier alpha value is -3.64. The fourth-order valence-electron chi connectivity index (χ4n) is 1.83. The van der Waals surface area contributed by atoms with Crippen molar-refractivity contribution < 1.29 is 50.1 Å². The SMILES string of the molecule is CC.CC(C)(C(F)(F)F)C(F)(F)F.CC(C)(C)C.CC(C)=O.CC(C)=S.COC.COc1ccccc1.COc1ccccc1.COc1ccccc1. The molecule has 0 saturated heterocycles. The van der Waals surface area contributed by atoms with Gasteiger partial charge in [0.2, 0.25) is 0 Å². The molecule has 3 aromatic carbocycles. The van der Waals surface area contributed by atoms with Gasteiger partial charge >= 0.3 is 12.4 Å². The summed E-state index contributed by atoms with van der Waals surface area (Å²) < 4.78 is 88.6. The summed E-state index contributed by atoms with van der Waals surface area (Å²) in [5.41, 5.74) is -3.12. The second-order valence-corrected chi connectivity index (χ2v) is 13.2. The first-order chi connectivity index (χ1) is 24.2. The molecular formula is C41H66F6O5S. The maximum atomic E-state index is 11.6. The number of ether oxygens (including phenoxy) is 4. The zero-order valence-electron chi connectivity index (χ0n) is 34.9. The van der Waals surface area contributed by atoms with Gasteiger partial charge in [0.25, 0.3) is 0 Å². The lowest BCUT2D eigenvalue weighted by molar-refractivity contribution is -0.327. The van der Waals surface area contributed by atoms with Gasteiger partial charge in [-0.25, -0.2) is 0 Å². The molecule has 0 aliphatic rings. The van der Waals surface area contributed by atoms with Crippen LogP contribution in [0.25, 0.3) is 0 Å². The highest BCUT2D eigenvalue weighted by molar-refractivity contribution is 7.80. The van der Waals surface area contributed by atoms with Crippen LogP contribution in [0, 0.1) is 10.8 Å². The van der Waals surface area contributed by atoms with Crippen LogP contribution < -0.4 is 14.2 Å². The number of ketones is 1. The van der Waals surface area contributed by atoms with Gasteiger partial charge in [-0.3, -0.25) is 0 Å². The maximum Gasteiger partial charge on any atom is 0.402 e. The largest absolute Gasteiger partial charge is 0.497 e. The van der Waals surface area contributed by atoms with Crippen molar-refractivity contribution >= 4 is 22.9 Å². The van der Waals surface area contributed by atoms with E-state index >= 15 is 0 Å². The van der Waals surface area contributed by atoms with Gasteiger partial charge in [-0.05, 0) is 88.2 Å². The number of carbonyl (C=O) groups is 1. The van der Waals surface area contributed by atoms with Crippen LogP contribution in [0.4, 0.5) is 26.3 Å². The monoisotopic (exact) mass is 784 g/mol. The third kappa shape index (κ3) is 52.8. The standard InChI is InChI=1S/3C7H8O.C5H6F6.C5H12.C3H6O.C3H6S.C2H6O.C2H6/c3*1-8-7-5-3-2-4-6-7;1-3(2,4(6,7)8)5(9,10)11;1-5(2,3)4;2*1-3(2)4;1-3-2;1-2/h3*2-6H,1H3;1-2H3;1-4H3;2*1-2H3;1-2H3;1-2H3. The van der Waals surface area contributed by atoms with E-state index in [0.717, 1.165) is 22.1 Å². The summed E-state index contributed by atoms with van der Waals surface area (Å²) in [6.07, 6.45) is -10.5. The van der Waals surface area contributed by atoms with E-state index < -0.39 is 17.8 Å². The Kier molecular flexibility index (Phi) is 42.5. The Morgan fingerprint density at radius 2 is 0.623 bits per heavy atom. The number of benzene rings is 3. The fourth-order valence-corrected chi connectivity index (χ4v) is 1.83. The first kappa shape index (κ1) is 61.4. The van der Waals surface area contributed by atoms with Crippen molar-refractivity contribution in [1.29, 1.82) is 0 Å². The predicted molar refractivity (Wildman–Crippen MR) is 215 cm³/mol. The quantitative estimate of drug-likeness (QED) is 0.195. The minimum atomic E-state index is -5.24. The first-order valence-corrected chi connectivity index (χ1v) is 16.8. The van der Waals surface area contributed by atoms with Gasteiger partial charge < -0.3 is 23.7 Å². The lowest BCUT2D eigenvalue weighted by atomic mass is 9.92. The molecule has 0 radical (unpaired) electrons. The van der Waals surface area contributed by atoms with E-state index in [4.69, 9.17) is 14.2 Å². The molecule has 0 aliphatic heterocycles. The molecule has 0 N–H and O–H groups in total. The molecule has 53 heavy (non-hydrogen) atoms. The molecule has 0 aliphatic carbocycles. The van der Waals surface area contributed by atoms with Crippen molar-refractivity contribution in [2.45, 2.75) is 95.4 Å². The summed E-state index contributed by atoms with van der Waals surface area (Å²) in [5, 5.41) is 0. The molecule has 0 amide bonds. The molecule has 0 spiro atoms. The van der Waals surface area contributed by atoms with Crippen LogP contribution in [0.15, 0.2) is 91.0 Å². The number of methoxy groups -OCH3 is 4. The molecule has 3 aromatic rings. The number of hydrogen-bond donors (Lipinski definition) is 0. The fraction of sp³-hybridized carbons (Fsp3) is 0.512. The number of para-hydroxylation sites is 3. The van der Waals surface area contributed by atoms with Crippen LogP contribution in [0.3, 0.4) is 0 Å². The molecule has 0 unspecified atom stereocenters. The Bertz CT molecular complexity index is 1060. The van der Waals surface area contributed by atoms with E-state index in [1.54, 1.807) is 35.5 Å². The molecule has 0 bridgehead atoms. The van der Waals surface area contributed by atoms with Gasteiger partial charge in [-0.15, -0.1) is 0 Å². The summed E-state index contributed by atoms with van der Waals surface area (Å²) in [4.78, 5) is 10.4. The van der Waals surface area contributed by atoms with E-state index in [-0.39, 0.29) is 19.6 Å². The normalized spacial score (nSPS) is 9.64. The smallest absolute Gasteiger partial charge is 0.402 e. The lowest BCUT2D eigenvalue weighted by Gasteiger charge is -2.29. The van der Waals surface area contributed by atoms with Crippen LogP contribution in [0.5, 0.6) is 17.2 Å². The van der Waals surface area contributed by atoms with Crippen molar-refractivity contribution in [1.82, 2.24) is 0 Å². The van der Waals surface area contributed by atoms with Crippen LogP contribution in [0.1, 0.15) is 83.1 Å². The summed E-state index contributed by atoms with van der Waals surface area (Å²) in [5.74, 6) is 2.90. The minimum absolute atomic E-state index is 0.104. The Labute approximate surface area is 322 Å². The molecule has 0 aromatic heterocycles. The Morgan fingerprint density at radius 1 is 0.491 bits per heavy atom. The summed E-state index contributed by atoms with van der Waals surface area (Å²) in [6, 6.07) is 29.0. The number of rotatable bonds is 3. The second-order valence-electron chi connectivity index (χ2n) is 12.4. The number of halogens is 6. The van der Waals surface area contributed by atoms with Crippen LogP contribution in [-0.2, 0) is 9.53 Å². The Morgan fingerprint density at radius 3 is 0.679 bits per heavy atom. The summed E-state index contributed by atoms with van der Waals surface area (Å²) >= 11 is 4.54. The van der Waals surface area contributed by atoms with E-state index in [0.29, 0.717) is 5.41 Å². The number of alkyl halides is 6. The van der Waals surface area contributed by atoms with E-state index in [1.807, 2.05) is 119 Å². The van der Waals surface area contributed by atoms with Gasteiger partial charge in [-0.1, -0.05) is 108 Å². The summed E-state index contributed by atoms with van der Waals surface area (Å²) in [7, 11) is 8.24. The van der Waals surface area contributed by atoms with Gasteiger partial charge in [-0.2, -0.15) is 26.3 Å². The highest BCUT2D eigenvalue weighted by Gasteiger charge is 2.64. The maximum absolute atomic E-state index is 11.6. The second kappa shape index (κ2) is 36.7. The molecule has 308 valence electrons. The number of hydrogen-bond acceptors (Lipinski definition) is 6. The van der Waals surface area contributed by atoms with Crippen LogP contribution in [0.2, 0.25) is 0 Å². The molecule has 0 fully saturated rings. The van der Waals surface area contributed by atoms with E-state index in [2.05, 4.69) is 44.6 Å². The third-order valence-corrected chi connectivity index (χ3v) is 4.35. The number of Topliss-reactive ketones (excluding diaryl/α,β-unsaturated/α-hetero) is 1. The Balaban J connectivity index is -0.000000122. The van der Waals surface area contributed by atoms with E-state index in [9.17, 15) is 31.1 Å². The van der Waals surface area contributed by atoms with Crippen LogP contribution >= 0.6 is 12.2 Å². The molecule has 3 rings (SSSR count). The van der Waals surface area contributed by atoms with Crippen molar-refractivity contribution in [2.24, 2.45) is 10.8 Å². The molecule has 12 heteroatoms. The topological polar surface area (TPSA) is 54.0 Å². The van der Waals surface area contributed by atoms with Gasteiger partial charge in [0, 0.05) is 14.2 Å². The van der Waals surface area contributed by atoms with Gasteiger partial charge in [0.1, 0.15) is 23.0 Å². The molecule has 0 saturated carbocycles. The number of carbonyl (C=O) groups excluding carboxylic acids is 1. The number of thiocarbonyl (C=S) groups is 1. The molecule has 5 nitrogen and oxygen atoms in total. The van der Waals surface area contributed by atoms with Crippen molar-refractivity contribution in [3.63, 3.8) is 0 Å². The molecular weight excluding hydrogens is 719 g/mol. The van der Waals surface area contributed by atoms with Crippen LogP contribution in [-0.4, -0.2) is 58.5 Å². The van der Waals surface area contributed by atoms with E-state index in [1.165, 1.54) is 13.8 Å². The van der Waals surface area contributed by atoms with Crippen molar-refractivity contribution in [3.8, 4) is 17.2 Å². The van der Waals surface area contributed by atoms with Gasteiger partial charge in [0.15, 0.2) is 5.41 Å². The highest BCUT2D eigenvalue weighted by atomic mass is 32.1. The van der Waals surface area contributed by atoms with Crippen molar-refractivity contribution in [2.75, 3.05) is 35.5 Å². The summed E-state index contributed by atoms with van der Waals surface area (Å²) in [6.45, 7) is 19.8. The zero-order chi connectivity index (χ0) is 43.3. The minimum Gasteiger partial charge on any atom is -0.497 e. The first-order valence-electron chi connectivity index (χ1n) is 16.4. The average Bonchev–Trinajstić information content (AvgIpc) is 3.06. The lowest BCUT2D eigenvalue weighted by Crippen LogP contribution is -2.44.